The van der Waals surface area contributed by atoms with E-state index in [1.807, 2.05) is 37.4 Å². The van der Waals surface area contributed by atoms with Crippen LogP contribution in [0.25, 0.3) is 33.6 Å². The molecule has 2 aromatic carbocycles. The number of benzene rings is 2. The molecule has 0 saturated carbocycles. The monoisotopic (exact) mass is 607 g/mol. The van der Waals surface area contributed by atoms with Gasteiger partial charge in [0.05, 0.1) is 36.0 Å². The van der Waals surface area contributed by atoms with Gasteiger partial charge in [0.25, 0.3) is 11.8 Å². The van der Waals surface area contributed by atoms with Gasteiger partial charge in [0.2, 0.25) is 0 Å². The average Bonchev–Trinajstić information content (AvgIpc) is 3.71. The molecular formula is C33H39F2N5O4. The summed E-state index contributed by atoms with van der Waals surface area (Å²) in [7, 11) is 3.23. The first kappa shape index (κ1) is 31.5. The first-order valence-electron chi connectivity index (χ1n) is 14.7. The minimum Gasteiger partial charge on any atom is -0.381 e. The second-order valence-electron chi connectivity index (χ2n) is 11.6. The lowest BCUT2D eigenvalue weighted by Crippen LogP contribution is -2.54. The molecule has 1 aliphatic rings. The van der Waals surface area contributed by atoms with Gasteiger partial charge in [-0.25, -0.2) is 18.7 Å². The van der Waals surface area contributed by atoms with Crippen molar-refractivity contribution in [1.82, 2.24) is 25.3 Å². The molecule has 0 aliphatic carbocycles. The first-order chi connectivity index (χ1) is 21.0. The van der Waals surface area contributed by atoms with Gasteiger partial charge in [-0.15, -0.1) is 0 Å². The summed E-state index contributed by atoms with van der Waals surface area (Å²) < 4.78 is 43.4. The van der Waals surface area contributed by atoms with E-state index in [-0.39, 0.29) is 12.5 Å². The number of nitrogens with zero attached hydrogens (tertiary/aromatic N) is 2. The Morgan fingerprint density at radius 2 is 1.48 bits per heavy atom. The number of ether oxygens (including phenoxy) is 3. The van der Waals surface area contributed by atoms with E-state index in [9.17, 15) is 13.6 Å². The van der Waals surface area contributed by atoms with Crippen LogP contribution >= 0.6 is 0 Å². The Morgan fingerprint density at radius 1 is 0.909 bits per heavy atom. The molecule has 5 rings (SSSR count). The lowest BCUT2D eigenvalue weighted by atomic mass is 9.93. The summed E-state index contributed by atoms with van der Waals surface area (Å²) in [5.74, 6) is -2.03. The zero-order valence-corrected chi connectivity index (χ0v) is 25.6. The van der Waals surface area contributed by atoms with E-state index in [0.29, 0.717) is 5.82 Å². The SMILES string of the molecule is COC(C)C(NC(=O)C1(C)CCC(F)(F)CO1)c1ncc(-c2ccc(-c3ccc(-c4cnc(C[C@@H](C)OC)[nH]4)cc3)cc2)[nH]1. The summed E-state index contributed by atoms with van der Waals surface area (Å²) >= 11 is 0. The van der Waals surface area contributed by atoms with E-state index in [2.05, 4.69) is 49.5 Å². The molecule has 1 amide bonds. The van der Waals surface area contributed by atoms with E-state index in [0.717, 1.165) is 45.9 Å². The fourth-order valence-electron chi connectivity index (χ4n) is 5.14. The Balaban J connectivity index is 1.26. The number of nitrogens with one attached hydrogen (secondary N) is 3. The van der Waals surface area contributed by atoms with Crippen LogP contribution in [0.3, 0.4) is 0 Å². The van der Waals surface area contributed by atoms with Crippen molar-refractivity contribution in [3.05, 3.63) is 72.6 Å². The summed E-state index contributed by atoms with van der Waals surface area (Å²) in [6.45, 7) is 4.56. The number of rotatable bonds is 11. The lowest BCUT2D eigenvalue weighted by Gasteiger charge is -2.37. The molecule has 1 saturated heterocycles. The van der Waals surface area contributed by atoms with Crippen LogP contribution in [0.15, 0.2) is 60.9 Å². The highest BCUT2D eigenvalue weighted by Crippen LogP contribution is 2.35. The number of H-pyrrole nitrogens is 2. The summed E-state index contributed by atoms with van der Waals surface area (Å²) in [5.41, 5.74) is 4.46. The van der Waals surface area contributed by atoms with Crippen molar-refractivity contribution in [3.63, 3.8) is 0 Å². The van der Waals surface area contributed by atoms with E-state index < -0.39 is 42.6 Å². The zero-order valence-electron chi connectivity index (χ0n) is 25.6. The van der Waals surface area contributed by atoms with Crippen LogP contribution in [0.2, 0.25) is 0 Å². The molecule has 4 atom stereocenters. The minimum absolute atomic E-state index is 0.0866. The zero-order chi connectivity index (χ0) is 31.5. The second-order valence-corrected chi connectivity index (χ2v) is 11.6. The molecule has 234 valence electrons. The quantitative estimate of drug-likeness (QED) is 0.190. The van der Waals surface area contributed by atoms with Gasteiger partial charge in [0.1, 0.15) is 29.9 Å². The van der Waals surface area contributed by atoms with Crippen molar-refractivity contribution in [2.24, 2.45) is 0 Å². The predicted octanol–water partition coefficient (Wildman–Crippen LogP) is 6.11. The van der Waals surface area contributed by atoms with Gasteiger partial charge in [0.15, 0.2) is 0 Å². The van der Waals surface area contributed by atoms with Crippen LogP contribution in [0.1, 0.15) is 51.3 Å². The minimum atomic E-state index is -2.93. The fraction of sp³-hybridized carbons (Fsp3) is 0.424. The number of carbonyl (C=O) groups is 1. The van der Waals surface area contributed by atoms with Crippen molar-refractivity contribution >= 4 is 5.91 Å². The number of alkyl halides is 2. The number of aromatic nitrogens is 4. The normalized spacial score (nSPS) is 20.2. The number of hydrogen-bond acceptors (Lipinski definition) is 6. The lowest BCUT2D eigenvalue weighted by molar-refractivity contribution is -0.190. The Labute approximate surface area is 255 Å². The standard InChI is InChI=1S/C33H39F2N5O4/c1-20(42-4)16-28-36-17-26(38-28)24-10-6-22(7-11-24)23-8-12-25(13-9-23)27-18-37-30(39-27)29(21(2)43-5)40-31(41)32(3)14-15-33(34,35)19-44-32/h6-13,17-18,20-21,29H,14-16,19H2,1-5H3,(H,36,38)(H,37,39)(H,40,41)/t20-,21?,29?,32?/m1/s1. The first-order valence-corrected chi connectivity index (χ1v) is 14.7. The van der Waals surface area contributed by atoms with Gasteiger partial charge in [-0.1, -0.05) is 48.5 Å². The van der Waals surface area contributed by atoms with E-state index >= 15 is 0 Å². The predicted molar refractivity (Wildman–Crippen MR) is 163 cm³/mol. The molecule has 0 spiro atoms. The molecule has 4 aromatic rings. The van der Waals surface area contributed by atoms with Gasteiger partial charge >= 0.3 is 0 Å². The van der Waals surface area contributed by atoms with Crippen LogP contribution in [-0.4, -0.2) is 70.4 Å². The smallest absolute Gasteiger partial charge is 0.271 e. The Kier molecular flexibility index (Phi) is 9.28. The summed E-state index contributed by atoms with van der Waals surface area (Å²) in [4.78, 5) is 28.8. The number of aromatic amines is 2. The van der Waals surface area contributed by atoms with Crippen molar-refractivity contribution in [2.45, 2.75) is 69.8 Å². The molecule has 2 aromatic heterocycles. The largest absolute Gasteiger partial charge is 0.381 e. The fourth-order valence-corrected chi connectivity index (χ4v) is 5.14. The molecule has 3 heterocycles. The number of carbonyl (C=O) groups excluding carboxylic acids is 1. The van der Waals surface area contributed by atoms with Crippen LogP contribution in [-0.2, 0) is 25.4 Å². The molecule has 11 heteroatoms. The van der Waals surface area contributed by atoms with E-state index in [1.54, 1.807) is 20.2 Å². The Hall–Kier alpha value is -3.93. The van der Waals surface area contributed by atoms with Crippen LogP contribution in [0.5, 0.6) is 0 Å². The maximum absolute atomic E-state index is 13.6. The van der Waals surface area contributed by atoms with Crippen molar-refractivity contribution in [3.8, 4) is 33.6 Å². The molecular weight excluding hydrogens is 568 g/mol. The third kappa shape index (κ3) is 7.06. The molecule has 0 radical (unpaired) electrons. The molecule has 44 heavy (non-hydrogen) atoms. The van der Waals surface area contributed by atoms with Gasteiger partial charge in [0, 0.05) is 27.1 Å². The number of methoxy groups -OCH3 is 2. The van der Waals surface area contributed by atoms with Gasteiger partial charge in [-0.05, 0) is 49.4 Å². The highest BCUT2D eigenvalue weighted by Gasteiger charge is 2.46. The number of hydrogen-bond donors (Lipinski definition) is 3. The highest BCUT2D eigenvalue weighted by molar-refractivity contribution is 5.85. The van der Waals surface area contributed by atoms with Gasteiger partial charge in [-0.2, -0.15) is 0 Å². The maximum atomic E-state index is 13.6. The Bertz CT molecular complexity index is 1540. The third-order valence-corrected chi connectivity index (χ3v) is 8.30. The van der Waals surface area contributed by atoms with Gasteiger partial charge < -0.3 is 29.5 Å². The molecule has 3 unspecified atom stereocenters. The second kappa shape index (κ2) is 13.0. The highest BCUT2D eigenvalue weighted by atomic mass is 19.3. The van der Waals surface area contributed by atoms with Crippen LogP contribution < -0.4 is 5.32 Å². The van der Waals surface area contributed by atoms with Gasteiger partial charge in [-0.3, -0.25) is 4.79 Å². The van der Waals surface area contributed by atoms with Crippen molar-refractivity contribution < 1.29 is 27.8 Å². The third-order valence-electron chi connectivity index (χ3n) is 8.30. The average molecular weight is 608 g/mol. The van der Waals surface area contributed by atoms with E-state index in [4.69, 9.17) is 14.2 Å². The Morgan fingerprint density at radius 3 is 2.02 bits per heavy atom. The molecule has 1 aliphatic heterocycles. The number of halogens is 2. The summed E-state index contributed by atoms with van der Waals surface area (Å²) in [6, 6.07) is 15.7. The van der Waals surface area contributed by atoms with Crippen molar-refractivity contribution in [2.75, 3.05) is 20.8 Å². The summed E-state index contributed by atoms with van der Waals surface area (Å²) in [5, 5.41) is 2.91. The number of amides is 1. The molecule has 0 bridgehead atoms. The van der Waals surface area contributed by atoms with Crippen LogP contribution in [0, 0.1) is 0 Å². The topological polar surface area (TPSA) is 114 Å². The van der Waals surface area contributed by atoms with Crippen molar-refractivity contribution in [1.29, 1.82) is 0 Å². The molecule has 1 fully saturated rings. The van der Waals surface area contributed by atoms with E-state index in [1.165, 1.54) is 14.0 Å². The molecule has 9 nitrogen and oxygen atoms in total. The number of imidazole rings is 2. The van der Waals surface area contributed by atoms with Crippen LogP contribution in [0.4, 0.5) is 8.78 Å². The molecule has 3 N–H and O–H groups in total. The maximum Gasteiger partial charge on any atom is 0.271 e. The summed E-state index contributed by atoms with van der Waals surface area (Å²) in [6.07, 6.45) is 3.41.